The number of thioether (sulfide) groups is 1. The van der Waals surface area contributed by atoms with Crippen LogP contribution in [0.5, 0.6) is 0 Å². The van der Waals surface area contributed by atoms with Gasteiger partial charge in [0.25, 0.3) is 0 Å². The largest absolute Gasteiger partial charge is 0.364 e. The van der Waals surface area contributed by atoms with Gasteiger partial charge in [0.1, 0.15) is 6.10 Å². The third kappa shape index (κ3) is 2.93. The summed E-state index contributed by atoms with van der Waals surface area (Å²) in [4.78, 5) is 3.71. The van der Waals surface area contributed by atoms with Gasteiger partial charge in [0.05, 0.1) is 17.0 Å². The second kappa shape index (κ2) is 6.27. The van der Waals surface area contributed by atoms with E-state index < -0.39 is 5.79 Å². The SMILES string of the molecule is CC1(C)O[C@H]2O[C@@H]3CN(Cc4ccccc4)c4ccccc4S[C@@H]3[C@H]2O1. The minimum atomic E-state index is -0.573. The number of ether oxygens (including phenoxy) is 3. The van der Waals surface area contributed by atoms with Crippen molar-refractivity contribution in [2.24, 2.45) is 0 Å². The maximum Gasteiger partial charge on any atom is 0.188 e. The predicted octanol–water partition coefficient (Wildman–Crippen LogP) is 4.04. The van der Waals surface area contributed by atoms with Gasteiger partial charge in [-0.3, -0.25) is 0 Å². The van der Waals surface area contributed by atoms with E-state index in [1.807, 2.05) is 25.6 Å². The van der Waals surface area contributed by atoms with Crippen LogP contribution in [0.1, 0.15) is 19.4 Å². The highest BCUT2D eigenvalue weighted by Crippen LogP contribution is 2.48. The van der Waals surface area contributed by atoms with Gasteiger partial charge in [-0.2, -0.15) is 0 Å². The average molecular weight is 369 g/mol. The van der Waals surface area contributed by atoms with Gasteiger partial charge in [-0.25, -0.2) is 0 Å². The Kier molecular flexibility index (Phi) is 4.01. The Morgan fingerprint density at radius 2 is 1.81 bits per heavy atom. The van der Waals surface area contributed by atoms with E-state index in [0.29, 0.717) is 0 Å². The standard InChI is InChI=1S/C21H23NO3S/c1-21(2)24-18-19-16(23-20(18)25-21)13-22(12-14-8-4-3-5-9-14)15-10-6-7-11-17(15)26-19/h3-11,16,18-20H,12-13H2,1-2H3/t16-,18-,19+,20-/m1/s1. The Morgan fingerprint density at radius 1 is 1.04 bits per heavy atom. The number of benzene rings is 2. The van der Waals surface area contributed by atoms with Crippen LogP contribution in [0.25, 0.3) is 0 Å². The van der Waals surface area contributed by atoms with Crippen molar-refractivity contribution in [3.63, 3.8) is 0 Å². The molecule has 3 aliphatic rings. The monoisotopic (exact) mass is 369 g/mol. The van der Waals surface area contributed by atoms with Crippen molar-refractivity contribution in [3.05, 3.63) is 60.2 Å². The molecule has 0 saturated carbocycles. The molecule has 2 fully saturated rings. The van der Waals surface area contributed by atoms with Crippen LogP contribution in [-0.4, -0.2) is 36.1 Å². The van der Waals surface area contributed by atoms with Gasteiger partial charge in [0.15, 0.2) is 12.1 Å². The van der Waals surface area contributed by atoms with Crippen LogP contribution in [0.4, 0.5) is 5.69 Å². The first-order chi connectivity index (χ1) is 12.6. The van der Waals surface area contributed by atoms with Crippen LogP contribution in [0, 0.1) is 0 Å². The van der Waals surface area contributed by atoms with Crippen molar-refractivity contribution < 1.29 is 14.2 Å². The first-order valence-corrected chi connectivity index (χ1v) is 10.0. The summed E-state index contributed by atoms with van der Waals surface area (Å²) in [6.45, 7) is 5.62. The Labute approximate surface area is 158 Å². The smallest absolute Gasteiger partial charge is 0.188 e. The fraction of sp³-hybridized carbons (Fsp3) is 0.429. The summed E-state index contributed by atoms with van der Waals surface area (Å²) in [5, 5.41) is 0.240. The van der Waals surface area contributed by atoms with Crippen molar-refractivity contribution in [1.82, 2.24) is 0 Å². The molecule has 0 amide bonds. The highest BCUT2D eigenvalue weighted by Gasteiger charge is 2.56. The molecule has 0 spiro atoms. The van der Waals surface area contributed by atoms with E-state index in [4.69, 9.17) is 14.2 Å². The van der Waals surface area contributed by atoms with E-state index in [9.17, 15) is 0 Å². The van der Waals surface area contributed by atoms with E-state index >= 15 is 0 Å². The van der Waals surface area contributed by atoms with Crippen molar-refractivity contribution in [2.45, 2.75) is 54.8 Å². The van der Waals surface area contributed by atoms with Gasteiger partial charge in [0, 0.05) is 18.0 Å². The maximum absolute atomic E-state index is 6.29. The summed E-state index contributed by atoms with van der Waals surface area (Å²) < 4.78 is 18.4. The molecule has 4 atom stereocenters. The van der Waals surface area contributed by atoms with E-state index in [-0.39, 0.29) is 23.7 Å². The molecule has 5 heteroatoms. The molecule has 0 N–H and O–H groups in total. The Morgan fingerprint density at radius 3 is 2.65 bits per heavy atom. The summed E-state index contributed by atoms with van der Waals surface area (Å²) in [7, 11) is 0. The molecule has 136 valence electrons. The van der Waals surface area contributed by atoms with Crippen LogP contribution in [0.15, 0.2) is 59.5 Å². The molecule has 5 rings (SSSR count). The lowest BCUT2D eigenvalue weighted by atomic mass is 10.1. The predicted molar refractivity (Wildman–Crippen MR) is 102 cm³/mol. The highest BCUT2D eigenvalue weighted by atomic mass is 32.2. The van der Waals surface area contributed by atoms with Gasteiger partial charge in [-0.1, -0.05) is 42.5 Å². The minimum absolute atomic E-state index is 0.0234. The van der Waals surface area contributed by atoms with Crippen molar-refractivity contribution in [2.75, 3.05) is 11.4 Å². The first kappa shape index (κ1) is 16.6. The molecule has 3 heterocycles. The minimum Gasteiger partial charge on any atom is -0.364 e. The zero-order chi connectivity index (χ0) is 17.7. The third-order valence-corrected chi connectivity index (χ3v) is 6.62. The van der Waals surface area contributed by atoms with Gasteiger partial charge >= 0.3 is 0 Å². The fourth-order valence-electron chi connectivity index (χ4n) is 4.07. The highest BCUT2D eigenvalue weighted by molar-refractivity contribution is 8.00. The van der Waals surface area contributed by atoms with Crippen LogP contribution in [-0.2, 0) is 20.8 Å². The van der Waals surface area contributed by atoms with Crippen LogP contribution < -0.4 is 4.90 Å². The number of fused-ring (bicyclic) bond motifs is 4. The zero-order valence-electron chi connectivity index (χ0n) is 15.0. The number of hydrogen-bond acceptors (Lipinski definition) is 5. The molecule has 3 aliphatic heterocycles. The Bertz CT molecular complexity index is 797. The number of nitrogens with zero attached hydrogens (tertiary/aromatic N) is 1. The van der Waals surface area contributed by atoms with Gasteiger partial charge < -0.3 is 19.1 Å². The molecule has 0 radical (unpaired) electrons. The van der Waals surface area contributed by atoms with E-state index in [2.05, 4.69) is 59.5 Å². The average Bonchev–Trinajstić information content (AvgIpc) is 3.02. The molecule has 2 saturated heterocycles. The molecule has 2 aromatic rings. The second-order valence-corrected chi connectivity index (χ2v) is 8.78. The van der Waals surface area contributed by atoms with Crippen molar-refractivity contribution in [3.8, 4) is 0 Å². The van der Waals surface area contributed by atoms with E-state index in [1.54, 1.807) is 0 Å². The first-order valence-electron chi connectivity index (χ1n) is 9.15. The van der Waals surface area contributed by atoms with Crippen LogP contribution in [0.3, 0.4) is 0 Å². The lowest BCUT2D eigenvalue weighted by Crippen LogP contribution is -2.38. The summed E-state index contributed by atoms with van der Waals surface area (Å²) in [5.41, 5.74) is 2.58. The summed E-state index contributed by atoms with van der Waals surface area (Å²) >= 11 is 1.87. The Hall–Kier alpha value is -1.53. The molecule has 0 aromatic heterocycles. The maximum atomic E-state index is 6.29. The molecular formula is C21H23NO3S. The number of rotatable bonds is 2. The van der Waals surface area contributed by atoms with Crippen molar-refractivity contribution in [1.29, 1.82) is 0 Å². The second-order valence-electron chi connectivity index (χ2n) is 7.56. The molecule has 0 aliphatic carbocycles. The Balaban J connectivity index is 1.47. The number of hydrogen-bond donors (Lipinski definition) is 0. The molecule has 0 unspecified atom stereocenters. The fourth-order valence-corrected chi connectivity index (χ4v) is 5.46. The summed E-state index contributed by atoms with van der Waals surface area (Å²) in [6, 6.07) is 19.2. The molecule has 0 bridgehead atoms. The lowest BCUT2D eigenvalue weighted by molar-refractivity contribution is -0.202. The van der Waals surface area contributed by atoms with Gasteiger partial charge in [-0.15, -0.1) is 11.8 Å². The zero-order valence-corrected chi connectivity index (χ0v) is 15.8. The molecule has 2 aromatic carbocycles. The molecule has 4 nitrogen and oxygen atoms in total. The normalized spacial score (nSPS) is 31.8. The van der Waals surface area contributed by atoms with Gasteiger partial charge in [0.2, 0.25) is 0 Å². The lowest BCUT2D eigenvalue weighted by Gasteiger charge is -2.28. The van der Waals surface area contributed by atoms with Crippen LogP contribution in [0.2, 0.25) is 0 Å². The van der Waals surface area contributed by atoms with E-state index in [0.717, 1.165) is 13.1 Å². The van der Waals surface area contributed by atoms with E-state index in [1.165, 1.54) is 16.1 Å². The third-order valence-electron chi connectivity index (χ3n) is 5.17. The molecule has 26 heavy (non-hydrogen) atoms. The number of anilines is 1. The topological polar surface area (TPSA) is 30.9 Å². The number of para-hydroxylation sites is 1. The quantitative estimate of drug-likeness (QED) is 0.797. The summed E-state index contributed by atoms with van der Waals surface area (Å²) in [6.07, 6.45) is -0.205. The molecular weight excluding hydrogens is 346 g/mol. The summed E-state index contributed by atoms with van der Waals surface area (Å²) in [5.74, 6) is -0.573. The van der Waals surface area contributed by atoms with Crippen molar-refractivity contribution >= 4 is 17.4 Å². The van der Waals surface area contributed by atoms with Gasteiger partial charge in [-0.05, 0) is 31.5 Å². The van der Waals surface area contributed by atoms with Crippen LogP contribution >= 0.6 is 11.8 Å².